The van der Waals surface area contributed by atoms with Crippen molar-refractivity contribution in [1.82, 2.24) is 10.2 Å². The predicted molar refractivity (Wildman–Crippen MR) is 115 cm³/mol. The largest absolute Gasteiger partial charge is 0.489 e. The number of allylic oxidation sites excluding steroid dienone is 5. The lowest BCUT2D eigenvalue weighted by atomic mass is 10.1. The fourth-order valence-corrected chi connectivity index (χ4v) is 3.78. The Morgan fingerprint density at radius 2 is 2.14 bits per heavy atom. The maximum atomic E-state index is 9.46. The van der Waals surface area contributed by atoms with Crippen LogP contribution in [0, 0.1) is 11.3 Å². The molecule has 3 rings (SSSR count). The first kappa shape index (κ1) is 20.0. The average Bonchev–Trinajstić information content (AvgIpc) is 3.40. The molecule has 1 aliphatic carbocycles. The Hall–Kier alpha value is -2.71. The molecule has 28 heavy (non-hydrogen) atoms. The third-order valence-corrected chi connectivity index (χ3v) is 5.87. The van der Waals surface area contributed by atoms with E-state index in [-0.39, 0.29) is 6.10 Å². The summed E-state index contributed by atoms with van der Waals surface area (Å²) >= 11 is 1.48. The minimum Gasteiger partial charge on any atom is -0.489 e. The van der Waals surface area contributed by atoms with Crippen LogP contribution in [-0.4, -0.2) is 16.3 Å². The summed E-state index contributed by atoms with van der Waals surface area (Å²) in [6.07, 6.45) is 12.2. The number of nitrogens with zero attached hydrogens (tertiary/aromatic N) is 3. The van der Waals surface area contributed by atoms with Crippen LogP contribution >= 0.6 is 11.3 Å². The van der Waals surface area contributed by atoms with Crippen LogP contribution in [0.5, 0.6) is 5.75 Å². The minimum atomic E-state index is 0.0698. The lowest BCUT2D eigenvalue weighted by Gasteiger charge is -2.13. The van der Waals surface area contributed by atoms with Crippen molar-refractivity contribution in [3.63, 3.8) is 0 Å². The molecule has 2 aromatic rings. The van der Waals surface area contributed by atoms with Crippen LogP contribution in [0.25, 0.3) is 16.1 Å². The SMILES string of the molecule is C=C(/C=C\C=C1CCCC1)c1nnc(-c2ccc(OC(C)CC)c(C#N)c2)s1. The molecule has 0 N–H and O–H groups in total. The van der Waals surface area contributed by atoms with Crippen molar-refractivity contribution in [1.29, 1.82) is 5.26 Å². The Morgan fingerprint density at radius 3 is 2.86 bits per heavy atom. The smallest absolute Gasteiger partial charge is 0.148 e. The van der Waals surface area contributed by atoms with E-state index in [0.29, 0.717) is 11.3 Å². The third kappa shape index (κ3) is 4.96. The summed E-state index contributed by atoms with van der Waals surface area (Å²) in [5.74, 6) is 0.609. The molecule has 5 heteroatoms. The van der Waals surface area contributed by atoms with Gasteiger partial charge in [-0.3, -0.25) is 0 Å². The number of nitriles is 1. The Bertz CT molecular complexity index is 941. The van der Waals surface area contributed by atoms with E-state index in [4.69, 9.17) is 4.74 Å². The second-order valence-corrected chi connectivity index (χ2v) is 7.97. The van der Waals surface area contributed by atoms with E-state index in [1.165, 1.54) is 42.6 Å². The van der Waals surface area contributed by atoms with Gasteiger partial charge in [-0.05, 0) is 57.2 Å². The van der Waals surface area contributed by atoms with Gasteiger partial charge in [-0.1, -0.05) is 48.6 Å². The van der Waals surface area contributed by atoms with Crippen molar-refractivity contribution >= 4 is 16.9 Å². The van der Waals surface area contributed by atoms with Crippen LogP contribution in [-0.2, 0) is 0 Å². The summed E-state index contributed by atoms with van der Waals surface area (Å²) in [6.45, 7) is 8.15. The standard InChI is InChI=1S/C23H25N3OS/c1-4-17(3)27-21-13-12-19(14-20(21)15-24)23-26-25-22(28-23)16(2)8-7-11-18-9-5-6-10-18/h7-8,11-14,17H,2,4-6,9-10H2,1,3H3/b8-7-. The Balaban J connectivity index is 1.74. The van der Waals surface area contributed by atoms with Gasteiger partial charge in [-0.15, -0.1) is 10.2 Å². The van der Waals surface area contributed by atoms with Gasteiger partial charge in [0.15, 0.2) is 0 Å². The highest BCUT2D eigenvalue weighted by atomic mass is 32.1. The molecule has 1 aliphatic rings. The van der Waals surface area contributed by atoms with E-state index < -0.39 is 0 Å². The summed E-state index contributed by atoms with van der Waals surface area (Å²) in [5, 5.41) is 19.6. The van der Waals surface area contributed by atoms with E-state index in [1.54, 1.807) is 0 Å². The van der Waals surface area contributed by atoms with Gasteiger partial charge in [0, 0.05) is 11.1 Å². The lowest BCUT2D eigenvalue weighted by molar-refractivity contribution is 0.217. The maximum absolute atomic E-state index is 9.46. The average molecular weight is 392 g/mol. The number of rotatable bonds is 7. The molecule has 1 unspecified atom stereocenters. The van der Waals surface area contributed by atoms with Crippen molar-refractivity contribution < 1.29 is 4.74 Å². The van der Waals surface area contributed by atoms with Gasteiger partial charge in [-0.2, -0.15) is 5.26 Å². The van der Waals surface area contributed by atoms with Gasteiger partial charge in [0.2, 0.25) is 0 Å². The second kappa shape index (κ2) is 9.48. The van der Waals surface area contributed by atoms with E-state index in [2.05, 4.69) is 41.9 Å². The van der Waals surface area contributed by atoms with Crippen LogP contribution in [0.1, 0.15) is 56.5 Å². The molecular weight excluding hydrogens is 366 g/mol. The molecule has 0 amide bonds. The van der Waals surface area contributed by atoms with E-state index >= 15 is 0 Å². The zero-order valence-corrected chi connectivity index (χ0v) is 17.3. The topological polar surface area (TPSA) is 58.8 Å². The number of benzene rings is 1. The van der Waals surface area contributed by atoms with Crippen LogP contribution < -0.4 is 4.74 Å². The molecule has 1 fully saturated rings. The van der Waals surface area contributed by atoms with E-state index in [9.17, 15) is 5.26 Å². The minimum absolute atomic E-state index is 0.0698. The highest BCUT2D eigenvalue weighted by Crippen LogP contribution is 2.31. The molecule has 0 bridgehead atoms. The fraction of sp³-hybridized carbons (Fsp3) is 0.348. The van der Waals surface area contributed by atoms with Crippen molar-refractivity contribution in [2.24, 2.45) is 0 Å². The Kier molecular flexibility index (Phi) is 6.78. The molecule has 1 aromatic carbocycles. The van der Waals surface area contributed by atoms with Gasteiger partial charge < -0.3 is 4.74 Å². The van der Waals surface area contributed by atoms with Gasteiger partial charge in [-0.25, -0.2) is 0 Å². The molecule has 0 aliphatic heterocycles. The maximum Gasteiger partial charge on any atom is 0.148 e. The number of ether oxygens (including phenoxy) is 1. The Labute approximate surface area is 170 Å². The molecule has 1 saturated carbocycles. The summed E-state index contributed by atoms with van der Waals surface area (Å²) in [6, 6.07) is 7.79. The third-order valence-electron chi connectivity index (χ3n) is 4.82. The van der Waals surface area contributed by atoms with Crippen molar-refractivity contribution in [3.8, 4) is 22.4 Å². The quantitative estimate of drug-likeness (QED) is 0.518. The zero-order valence-electron chi connectivity index (χ0n) is 16.4. The molecule has 0 radical (unpaired) electrons. The molecule has 4 nitrogen and oxygen atoms in total. The van der Waals surface area contributed by atoms with Crippen molar-refractivity contribution in [2.45, 2.75) is 52.1 Å². The molecule has 144 valence electrons. The molecule has 0 spiro atoms. The van der Waals surface area contributed by atoms with Crippen LogP contribution in [0.4, 0.5) is 0 Å². The highest BCUT2D eigenvalue weighted by Gasteiger charge is 2.13. The van der Waals surface area contributed by atoms with Gasteiger partial charge >= 0.3 is 0 Å². The molecular formula is C23H25N3OS. The van der Waals surface area contributed by atoms with Gasteiger partial charge in [0.25, 0.3) is 0 Å². The van der Waals surface area contributed by atoms with Gasteiger partial charge in [0.1, 0.15) is 21.8 Å². The molecule has 1 atom stereocenters. The predicted octanol–water partition coefficient (Wildman–Crippen LogP) is 6.32. The normalized spacial score (nSPS) is 14.8. The molecule has 1 heterocycles. The zero-order chi connectivity index (χ0) is 19.9. The summed E-state index contributed by atoms with van der Waals surface area (Å²) in [4.78, 5) is 0. The number of hydrogen-bond donors (Lipinski definition) is 0. The van der Waals surface area contributed by atoms with Crippen molar-refractivity contribution in [3.05, 3.63) is 59.2 Å². The first-order chi connectivity index (χ1) is 13.6. The molecule has 1 aromatic heterocycles. The van der Waals surface area contributed by atoms with Crippen LogP contribution in [0.3, 0.4) is 0 Å². The fourth-order valence-electron chi connectivity index (χ4n) is 2.99. The second-order valence-electron chi connectivity index (χ2n) is 6.99. The first-order valence-electron chi connectivity index (χ1n) is 9.70. The summed E-state index contributed by atoms with van der Waals surface area (Å²) in [7, 11) is 0. The van der Waals surface area contributed by atoms with E-state index in [1.807, 2.05) is 31.2 Å². The van der Waals surface area contributed by atoms with Crippen LogP contribution in [0.15, 0.2) is 48.6 Å². The summed E-state index contributed by atoms with van der Waals surface area (Å²) < 4.78 is 5.82. The summed E-state index contributed by atoms with van der Waals surface area (Å²) in [5.41, 5.74) is 3.72. The lowest BCUT2D eigenvalue weighted by Crippen LogP contribution is -2.10. The van der Waals surface area contributed by atoms with Crippen LogP contribution in [0.2, 0.25) is 0 Å². The number of hydrogen-bond acceptors (Lipinski definition) is 5. The highest BCUT2D eigenvalue weighted by molar-refractivity contribution is 7.15. The Morgan fingerprint density at radius 1 is 1.36 bits per heavy atom. The monoisotopic (exact) mass is 391 g/mol. The first-order valence-corrected chi connectivity index (χ1v) is 10.5. The molecule has 0 saturated heterocycles. The van der Waals surface area contributed by atoms with E-state index in [0.717, 1.165) is 27.6 Å². The number of aromatic nitrogens is 2. The van der Waals surface area contributed by atoms with Gasteiger partial charge in [0.05, 0.1) is 11.7 Å². The van der Waals surface area contributed by atoms with Crippen molar-refractivity contribution in [2.75, 3.05) is 0 Å².